The Hall–Kier alpha value is -1.71. The van der Waals surface area contributed by atoms with E-state index in [-0.39, 0.29) is 29.9 Å². The summed E-state index contributed by atoms with van der Waals surface area (Å²) >= 11 is 0. The van der Waals surface area contributed by atoms with Gasteiger partial charge < -0.3 is 25.0 Å². The van der Waals surface area contributed by atoms with Crippen molar-refractivity contribution in [3.63, 3.8) is 0 Å². The Morgan fingerprint density at radius 3 is 2.30 bits per heavy atom. The van der Waals surface area contributed by atoms with E-state index in [9.17, 15) is 4.79 Å². The van der Waals surface area contributed by atoms with Gasteiger partial charge in [-0.15, -0.1) is 24.0 Å². The van der Waals surface area contributed by atoms with Crippen LogP contribution in [0.5, 0.6) is 11.5 Å². The summed E-state index contributed by atoms with van der Waals surface area (Å²) in [6, 6.07) is 4.02. The van der Waals surface area contributed by atoms with Gasteiger partial charge in [-0.3, -0.25) is 9.79 Å². The molecule has 0 aliphatic carbocycles. The van der Waals surface area contributed by atoms with Crippen molar-refractivity contribution >= 4 is 35.8 Å². The molecule has 7 nitrogen and oxygen atoms in total. The first-order valence-corrected chi connectivity index (χ1v) is 10.6. The Balaban J connectivity index is 0.00000450. The number of hydrogen-bond acceptors (Lipinski definition) is 4. The van der Waals surface area contributed by atoms with E-state index in [2.05, 4.69) is 22.5 Å². The molecule has 0 fully saturated rings. The summed E-state index contributed by atoms with van der Waals surface area (Å²) in [6.07, 6.45) is 5.72. The van der Waals surface area contributed by atoms with Gasteiger partial charge in [-0.05, 0) is 42.5 Å². The molecule has 1 heterocycles. The van der Waals surface area contributed by atoms with Crippen molar-refractivity contribution < 1.29 is 14.3 Å². The van der Waals surface area contributed by atoms with Gasteiger partial charge in [-0.1, -0.05) is 19.8 Å². The van der Waals surface area contributed by atoms with Crippen LogP contribution in [0.2, 0.25) is 0 Å². The second kappa shape index (κ2) is 14.3. The zero-order valence-corrected chi connectivity index (χ0v) is 21.1. The Bertz CT molecular complexity index is 697. The second-order valence-electron chi connectivity index (χ2n) is 7.28. The summed E-state index contributed by atoms with van der Waals surface area (Å²) < 4.78 is 10.8. The lowest BCUT2D eigenvalue weighted by atomic mass is 9.98. The van der Waals surface area contributed by atoms with E-state index in [0.717, 1.165) is 56.2 Å². The monoisotopic (exact) mass is 532 g/mol. The van der Waals surface area contributed by atoms with E-state index >= 15 is 0 Å². The number of halogens is 1. The lowest BCUT2D eigenvalue weighted by molar-refractivity contribution is -0.132. The maximum Gasteiger partial charge on any atom is 0.222 e. The predicted molar refractivity (Wildman–Crippen MR) is 132 cm³/mol. The van der Waals surface area contributed by atoms with Crippen LogP contribution in [0, 0.1) is 0 Å². The predicted octanol–water partition coefficient (Wildman–Crippen LogP) is 3.34. The van der Waals surface area contributed by atoms with E-state index in [1.807, 2.05) is 17.0 Å². The Kier molecular flexibility index (Phi) is 12.6. The number of guanidine groups is 1. The number of ether oxygens (including phenoxy) is 2. The summed E-state index contributed by atoms with van der Waals surface area (Å²) in [4.78, 5) is 18.8. The summed E-state index contributed by atoms with van der Waals surface area (Å²) in [6.45, 7) is 5.22. The fourth-order valence-corrected chi connectivity index (χ4v) is 3.50. The number of methoxy groups -OCH3 is 2. The SMILES string of the molecule is CCCCCNC(=NC)NCCCC(=O)N1CCc2cc(OC)c(OC)cc2C1.I. The molecule has 0 saturated heterocycles. The van der Waals surface area contributed by atoms with E-state index in [1.165, 1.54) is 18.4 Å². The van der Waals surface area contributed by atoms with E-state index in [0.29, 0.717) is 18.7 Å². The van der Waals surface area contributed by atoms with E-state index in [1.54, 1.807) is 21.3 Å². The first-order chi connectivity index (χ1) is 14.1. The van der Waals surface area contributed by atoms with Crippen LogP contribution in [0.15, 0.2) is 17.1 Å². The van der Waals surface area contributed by atoms with E-state index < -0.39 is 0 Å². The van der Waals surface area contributed by atoms with Gasteiger partial charge in [0.05, 0.1) is 14.2 Å². The standard InChI is InChI=1S/C22H36N4O3.HI/c1-5-6-7-11-24-22(23-2)25-12-8-9-21(27)26-13-10-17-14-19(28-3)20(29-4)15-18(17)16-26;/h14-15H,5-13,16H2,1-4H3,(H2,23,24,25);1H. The maximum atomic E-state index is 12.6. The van der Waals surface area contributed by atoms with Gasteiger partial charge in [0.25, 0.3) is 0 Å². The van der Waals surface area contributed by atoms with Crippen LogP contribution in [0.25, 0.3) is 0 Å². The first kappa shape index (κ1) is 26.3. The molecule has 2 N–H and O–H groups in total. The quantitative estimate of drug-likeness (QED) is 0.209. The number of amides is 1. The molecule has 0 aromatic heterocycles. The highest BCUT2D eigenvalue weighted by molar-refractivity contribution is 14.0. The zero-order chi connectivity index (χ0) is 21.1. The fourth-order valence-electron chi connectivity index (χ4n) is 3.50. The fraction of sp³-hybridized carbons (Fsp3) is 0.636. The van der Waals surface area contributed by atoms with Gasteiger partial charge in [0, 0.05) is 39.6 Å². The molecule has 0 saturated carbocycles. The number of fused-ring (bicyclic) bond motifs is 1. The van der Waals surface area contributed by atoms with Gasteiger partial charge in [-0.2, -0.15) is 0 Å². The molecule has 0 bridgehead atoms. The van der Waals surface area contributed by atoms with Gasteiger partial charge in [0.1, 0.15) is 0 Å². The topological polar surface area (TPSA) is 75.2 Å². The first-order valence-electron chi connectivity index (χ1n) is 10.6. The van der Waals surface area contributed by atoms with Gasteiger partial charge in [-0.25, -0.2) is 0 Å². The molecular weight excluding hydrogens is 495 g/mol. The van der Waals surface area contributed by atoms with Crippen molar-refractivity contribution in [2.75, 3.05) is 40.9 Å². The number of hydrogen-bond donors (Lipinski definition) is 2. The molecule has 1 amide bonds. The third-order valence-corrected chi connectivity index (χ3v) is 5.23. The molecule has 0 spiro atoms. The summed E-state index contributed by atoms with van der Waals surface area (Å²) in [5.74, 6) is 2.45. The van der Waals surface area contributed by atoms with Crippen molar-refractivity contribution in [2.45, 2.75) is 52.0 Å². The number of benzene rings is 1. The largest absolute Gasteiger partial charge is 0.493 e. The number of carbonyl (C=O) groups is 1. The molecular formula is C22H37IN4O3. The molecule has 0 atom stereocenters. The lowest BCUT2D eigenvalue weighted by Gasteiger charge is -2.29. The molecule has 170 valence electrons. The normalized spacial score (nSPS) is 13.2. The van der Waals surface area contributed by atoms with Crippen LogP contribution in [0.4, 0.5) is 0 Å². The average molecular weight is 532 g/mol. The van der Waals surface area contributed by atoms with E-state index in [4.69, 9.17) is 9.47 Å². The number of carbonyl (C=O) groups excluding carboxylic acids is 1. The molecule has 1 aromatic rings. The van der Waals surface area contributed by atoms with Crippen molar-refractivity contribution in [1.29, 1.82) is 0 Å². The highest BCUT2D eigenvalue weighted by atomic mass is 127. The van der Waals surface area contributed by atoms with Crippen molar-refractivity contribution in [2.24, 2.45) is 4.99 Å². The minimum Gasteiger partial charge on any atom is -0.493 e. The highest BCUT2D eigenvalue weighted by Crippen LogP contribution is 2.33. The molecule has 1 aliphatic rings. The molecule has 8 heteroatoms. The van der Waals surface area contributed by atoms with Crippen LogP contribution in [-0.4, -0.2) is 57.7 Å². The smallest absolute Gasteiger partial charge is 0.222 e. The Labute approximate surface area is 198 Å². The second-order valence-corrected chi connectivity index (χ2v) is 7.28. The summed E-state index contributed by atoms with van der Waals surface area (Å²) in [7, 11) is 5.05. The van der Waals surface area contributed by atoms with Crippen molar-refractivity contribution in [1.82, 2.24) is 15.5 Å². The number of nitrogens with one attached hydrogen (secondary N) is 2. The Morgan fingerprint density at radius 1 is 1.07 bits per heavy atom. The van der Waals surface area contributed by atoms with Gasteiger partial charge >= 0.3 is 0 Å². The zero-order valence-electron chi connectivity index (χ0n) is 18.8. The number of rotatable bonds is 10. The van der Waals surface area contributed by atoms with Crippen molar-refractivity contribution in [3.05, 3.63) is 23.3 Å². The van der Waals surface area contributed by atoms with Crippen LogP contribution >= 0.6 is 24.0 Å². The number of unbranched alkanes of at least 4 members (excludes halogenated alkanes) is 2. The summed E-state index contributed by atoms with van der Waals surface area (Å²) in [5, 5.41) is 6.59. The van der Waals surface area contributed by atoms with Crippen molar-refractivity contribution in [3.8, 4) is 11.5 Å². The van der Waals surface area contributed by atoms with Crippen LogP contribution in [-0.2, 0) is 17.8 Å². The third kappa shape index (κ3) is 7.85. The molecule has 2 rings (SSSR count). The molecule has 0 radical (unpaired) electrons. The lowest BCUT2D eigenvalue weighted by Crippen LogP contribution is -2.39. The minimum atomic E-state index is 0. The Morgan fingerprint density at radius 2 is 1.70 bits per heavy atom. The number of nitrogens with zero attached hydrogens (tertiary/aromatic N) is 2. The average Bonchev–Trinajstić information content (AvgIpc) is 2.76. The van der Waals surface area contributed by atoms with Crippen LogP contribution in [0.3, 0.4) is 0 Å². The van der Waals surface area contributed by atoms with Gasteiger partial charge in [0.2, 0.25) is 5.91 Å². The van der Waals surface area contributed by atoms with Crippen LogP contribution < -0.4 is 20.1 Å². The molecule has 0 unspecified atom stereocenters. The highest BCUT2D eigenvalue weighted by Gasteiger charge is 2.22. The molecule has 1 aromatic carbocycles. The minimum absolute atomic E-state index is 0. The summed E-state index contributed by atoms with van der Waals surface area (Å²) in [5.41, 5.74) is 2.36. The van der Waals surface area contributed by atoms with Crippen LogP contribution in [0.1, 0.15) is 50.2 Å². The third-order valence-electron chi connectivity index (χ3n) is 5.23. The van der Waals surface area contributed by atoms with Gasteiger partial charge in [0.15, 0.2) is 17.5 Å². The molecule has 30 heavy (non-hydrogen) atoms. The number of aliphatic imine (C=N–C) groups is 1. The molecule has 1 aliphatic heterocycles. The maximum absolute atomic E-state index is 12.6.